The van der Waals surface area contributed by atoms with Gasteiger partial charge < -0.3 is 10.6 Å². The molecule has 0 bridgehead atoms. The van der Waals surface area contributed by atoms with Crippen LogP contribution in [0.25, 0.3) is 0 Å². The predicted octanol–water partition coefficient (Wildman–Crippen LogP) is 2.59. The standard InChI is InChI=1S/C18H18F2N6O2S/c1-12-2-5-16(22-11-12)24-18-7-6-17(25-26-18)21-8-9-23-29(27,28)13-3-4-14(19)15(20)10-13/h2-7,10-11,23H,8-9H2,1H3,(H,21,25)(H,22,24,26). The minimum absolute atomic E-state index is 0.0102. The Bertz CT molecular complexity index is 1080. The van der Waals surface area contributed by atoms with Crippen molar-refractivity contribution in [1.29, 1.82) is 0 Å². The van der Waals surface area contributed by atoms with Crippen LogP contribution in [-0.4, -0.2) is 36.7 Å². The molecule has 8 nitrogen and oxygen atoms in total. The highest BCUT2D eigenvalue weighted by molar-refractivity contribution is 7.89. The first-order valence-corrected chi connectivity index (χ1v) is 10.0. The van der Waals surface area contributed by atoms with E-state index in [0.29, 0.717) is 23.5 Å². The summed E-state index contributed by atoms with van der Waals surface area (Å²) in [6.07, 6.45) is 1.73. The van der Waals surface area contributed by atoms with Gasteiger partial charge in [-0.05, 0) is 48.9 Å². The molecule has 0 aliphatic rings. The topological polar surface area (TPSA) is 109 Å². The molecule has 29 heavy (non-hydrogen) atoms. The summed E-state index contributed by atoms with van der Waals surface area (Å²) in [6.45, 7) is 2.16. The van der Waals surface area contributed by atoms with Crippen LogP contribution in [0.3, 0.4) is 0 Å². The van der Waals surface area contributed by atoms with E-state index >= 15 is 0 Å². The van der Waals surface area contributed by atoms with Gasteiger partial charge in [0.2, 0.25) is 10.0 Å². The second-order valence-corrected chi connectivity index (χ2v) is 7.82. The molecule has 0 atom stereocenters. The molecule has 3 aromatic rings. The number of hydrogen-bond acceptors (Lipinski definition) is 7. The average molecular weight is 420 g/mol. The molecule has 0 unspecified atom stereocenters. The number of sulfonamides is 1. The summed E-state index contributed by atoms with van der Waals surface area (Å²) in [7, 11) is -3.95. The van der Waals surface area contributed by atoms with E-state index < -0.39 is 21.7 Å². The van der Waals surface area contributed by atoms with Crippen LogP contribution < -0.4 is 15.4 Å². The normalized spacial score (nSPS) is 11.3. The van der Waals surface area contributed by atoms with Crippen molar-refractivity contribution in [1.82, 2.24) is 19.9 Å². The first kappa shape index (κ1) is 20.6. The molecule has 0 aliphatic heterocycles. The molecular formula is C18H18F2N6O2S. The molecule has 3 N–H and O–H groups in total. The van der Waals surface area contributed by atoms with Crippen LogP contribution >= 0.6 is 0 Å². The van der Waals surface area contributed by atoms with E-state index in [1.807, 2.05) is 19.1 Å². The lowest BCUT2D eigenvalue weighted by atomic mass is 10.3. The Hall–Kier alpha value is -3.18. The van der Waals surface area contributed by atoms with E-state index in [9.17, 15) is 17.2 Å². The number of halogens is 2. The van der Waals surface area contributed by atoms with E-state index in [0.717, 1.165) is 17.7 Å². The minimum atomic E-state index is -3.95. The van der Waals surface area contributed by atoms with E-state index in [1.165, 1.54) is 0 Å². The molecule has 0 radical (unpaired) electrons. The van der Waals surface area contributed by atoms with Gasteiger partial charge >= 0.3 is 0 Å². The molecule has 2 aromatic heterocycles. The molecule has 152 valence electrons. The Balaban J connectivity index is 1.49. The number of anilines is 3. The highest BCUT2D eigenvalue weighted by Crippen LogP contribution is 2.14. The fourth-order valence-electron chi connectivity index (χ4n) is 2.27. The summed E-state index contributed by atoms with van der Waals surface area (Å²) in [5, 5.41) is 13.9. The van der Waals surface area contributed by atoms with Crippen LogP contribution in [0.1, 0.15) is 5.56 Å². The van der Waals surface area contributed by atoms with Crippen molar-refractivity contribution in [3.63, 3.8) is 0 Å². The van der Waals surface area contributed by atoms with Gasteiger partial charge in [-0.2, -0.15) is 0 Å². The highest BCUT2D eigenvalue weighted by Gasteiger charge is 2.15. The van der Waals surface area contributed by atoms with Crippen molar-refractivity contribution >= 4 is 27.5 Å². The minimum Gasteiger partial charge on any atom is -0.367 e. The summed E-state index contributed by atoms with van der Waals surface area (Å²) < 4.78 is 52.6. The van der Waals surface area contributed by atoms with Gasteiger partial charge in [0.15, 0.2) is 17.5 Å². The average Bonchev–Trinajstić information content (AvgIpc) is 2.70. The number of rotatable bonds is 8. The fourth-order valence-corrected chi connectivity index (χ4v) is 3.31. The monoisotopic (exact) mass is 420 g/mol. The van der Waals surface area contributed by atoms with E-state index in [1.54, 1.807) is 18.3 Å². The fraction of sp³-hybridized carbons (Fsp3) is 0.167. The maximum absolute atomic E-state index is 13.2. The highest BCUT2D eigenvalue weighted by atomic mass is 32.2. The Kier molecular flexibility index (Phi) is 6.29. The van der Waals surface area contributed by atoms with Gasteiger partial charge in [-0.25, -0.2) is 26.9 Å². The first-order chi connectivity index (χ1) is 13.8. The molecule has 0 aliphatic carbocycles. The first-order valence-electron chi connectivity index (χ1n) is 8.55. The van der Waals surface area contributed by atoms with E-state index in [2.05, 4.69) is 30.5 Å². The third-order valence-electron chi connectivity index (χ3n) is 3.76. The zero-order chi connectivity index (χ0) is 20.9. The van der Waals surface area contributed by atoms with Crippen LogP contribution in [0.5, 0.6) is 0 Å². The smallest absolute Gasteiger partial charge is 0.240 e. The van der Waals surface area contributed by atoms with Gasteiger partial charge in [-0.1, -0.05) is 6.07 Å². The Morgan fingerprint density at radius 3 is 2.28 bits per heavy atom. The summed E-state index contributed by atoms with van der Waals surface area (Å²) in [5.74, 6) is -0.751. The molecular weight excluding hydrogens is 402 g/mol. The van der Waals surface area contributed by atoms with Crippen molar-refractivity contribution in [2.24, 2.45) is 0 Å². The lowest BCUT2D eigenvalue weighted by Gasteiger charge is -2.09. The zero-order valence-electron chi connectivity index (χ0n) is 15.4. The van der Waals surface area contributed by atoms with Crippen molar-refractivity contribution in [3.05, 3.63) is 65.9 Å². The van der Waals surface area contributed by atoms with Crippen LogP contribution in [0.4, 0.5) is 26.2 Å². The number of hydrogen-bond donors (Lipinski definition) is 3. The van der Waals surface area contributed by atoms with Crippen LogP contribution in [0, 0.1) is 18.6 Å². The maximum Gasteiger partial charge on any atom is 0.240 e. The quantitative estimate of drug-likeness (QED) is 0.481. The number of benzene rings is 1. The number of nitrogens with one attached hydrogen (secondary N) is 3. The van der Waals surface area contributed by atoms with Crippen molar-refractivity contribution in [3.8, 4) is 0 Å². The van der Waals surface area contributed by atoms with Gasteiger partial charge in [-0.15, -0.1) is 10.2 Å². The third-order valence-corrected chi connectivity index (χ3v) is 5.22. The second kappa shape index (κ2) is 8.88. The number of nitrogens with zero attached hydrogens (tertiary/aromatic N) is 3. The SMILES string of the molecule is Cc1ccc(Nc2ccc(NCCNS(=O)(=O)c3ccc(F)c(F)c3)nn2)nc1. The van der Waals surface area contributed by atoms with E-state index in [-0.39, 0.29) is 18.0 Å². The van der Waals surface area contributed by atoms with Crippen LogP contribution in [0.15, 0.2) is 53.6 Å². The Morgan fingerprint density at radius 2 is 1.62 bits per heavy atom. The van der Waals surface area contributed by atoms with Crippen molar-refractivity contribution in [2.45, 2.75) is 11.8 Å². The van der Waals surface area contributed by atoms with Gasteiger partial charge in [0.05, 0.1) is 4.90 Å². The molecule has 0 amide bonds. The van der Waals surface area contributed by atoms with Gasteiger partial charge in [0, 0.05) is 19.3 Å². The Morgan fingerprint density at radius 1 is 0.897 bits per heavy atom. The van der Waals surface area contributed by atoms with Crippen LogP contribution in [0.2, 0.25) is 0 Å². The summed E-state index contributed by atoms with van der Waals surface area (Å²) >= 11 is 0. The number of aryl methyl sites for hydroxylation is 1. The van der Waals surface area contributed by atoms with Crippen LogP contribution in [-0.2, 0) is 10.0 Å². The molecule has 1 aromatic carbocycles. The molecule has 0 saturated carbocycles. The van der Waals surface area contributed by atoms with Gasteiger partial charge in [0.25, 0.3) is 0 Å². The summed E-state index contributed by atoms with van der Waals surface area (Å²) in [4.78, 5) is 3.86. The molecule has 11 heteroatoms. The largest absolute Gasteiger partial charge is 0.367 e. The van der Waals surface area contributed by atoms with E-state index in [4.69, 9.17) is 0 Å². The lowest BCUT2D eigenvalue weighted by Crippen LogP contribution is -2.29. The zero-order valence-corrected chi connectivity index (χ0v) is 16.2. The maximum atomic E-state index is 13.2. The molecule has 0 fully saturated rings. The van der Waals surface area contributed by atoms with Crippen molar-refractivity contribution < 1.29 is 17.2 Å². The van der Waals surface area contributed by atoms with Crippen molar-refractivity contribution in [2.75, 3.05) is 23.7 Å². The second-order valence-electron chi connectivity index (χ2n) is 6.05. The molecule has 3 rings (SSSR count). The molecule has 2 heterocycles. The van der Waals surface area contributed by atoms with Gasteiger partial charge in [-0.3, -0.25) is 0 Å². The number of aromatic nitrogens is 3. The molecule has 0 saturated heterocycles. The Labute approximate surface area is 166 Å². The summed E-state index contributed by atoms with van der Waals surface area (Å²) in [5.41, 5.74) is 1.04. The lowest BCUT2D eigenvalue weighted by molar-refractivity contribution is 0.504. The molecule has 0 spiro atoms. The van der Waals surface area contributed by atoms with Gasteiger partial charge in [0.1, 0.15) is 11.6 Å². The number of pyridine rings is 1. The predicted molar refractivity (Wildman–Crippen MR) is 104 cm³/mol. The third kappa shape index (κ3) is 5.65. The summed E-state index contributed by atoms with van der Waals surface area (Å²) in [6, 6.07) is 9.50.